The molecule has 0 unspecified atom stereocenters. The molecule has 18 heavy (non-hydrogen) atoms. The average molecular weight is 257 g/mol. The van der Waals surface area contributed by atoms with Gasteiger partial charge in [0, 0.05) is 13.5 Å². The molecule has 0 radical (unpaired) electrons. The number of hydrogen-bond donors (Lipinski definition) is 0. The zero-order valence-electron chi connectivity index (χ0n) is 11.0. The summed E-state index contributed by atoms with van der Waals surface area (Å²) in [4.78, 5) is 36.0. The van der Waals surface area contributed by atoms with E-state index < -0.39 is 23.9 Å². The van der Waals surface area contributed by atoms with Crippen LogP contribution in [0, 0.1) is 0 Å². The lowest BCUT2D eigenvalue weighted by Gasteiger charge is -2.26. The van der Waals surface area contributed by atoms with Crippen molar-refractivity contribution in [2.75, 3.05) is 19.8 Å². The summed E-state index contributed by atoms with van der Waals surface area (Å²) in [5.74, 6) is -2.03. The Balaban J connectivity index is 5.14. The van der Waals surface area contributed by atoms with Gasteiger partial charge >= 0.3 is 11.9 Å². The quantitative estimate of drug-likeness (QED) is 0.377. The maximum atomic E-state index is 11.7. The van der Waals surface area contributed by atoms with E-state index in [1.54, 1.807) is 13.8 Å². The van der Waals surface area contributed by atoms with Crippen molar-refractivity contribution in [3.63, 3.8) is 0 Å². The molecule has 0 spiro atoms. The van der Waals surface area contributed by atoms with Crippen LogP contribution in [0.25, 0.3) is 0 Å². The topological polar surface area (TPSA) is 72.9 Å². The monoisotopic (exact) mass is 257 g/mol. The predicted molar refractivity (Wildman–Crippen MR) is 64.6 cm³/mol. The van der Waals surface area contributed by atoms with E-state index in [1.807, 2.05) is 0 Å². The molecule has 0 aliphatic heterocycles. The van der Waals surface area contributed by atoms with E-state index in [4.69, 9.17) is 9.47 Å². The van der Waals surface area contributed by atoms with Gasteiger partial charge in [-0.15, -0.1) is 6.58 Å². The highest BCUT2D eigenvalue weighted by molar-refractivity contribution is 6.02. The van der Waals surface area contributed by atoms with Crippen LogP contribution in [0.2, 0.25) is 0 Å². The third kappa shape index (κ3) is 4.57. The highest BCUT2D eigenvalue weighted by Crippen LogP contribution is 2.06. The maximum Gasteiger partial charge on any atom is 0.340 e. The Morgan fingerprint density at radius 2 is 1.61 bits per heavy atom. The predicted octanol–water partition coefficient (Wildman–Crippen LogP) is 0.516. The lowest BCUT2D eigenvalue weighted by Crippen LogP contribution is -2.50. The number of nitrogens with zero attached hydrogens (tertiary/aromatic N) is 1. The summed E-state index contributed by atoms with van der Waals surface area (Å²) in [6, 6.07) is -1.37. The summed E-state index contributed by atoms with van der Waals surface area (Å²) < 4.78 is 9.56. The van der Waals surface area contributed by atoms with E-state index in [9.17, 15) is 14.4 Å². The first kappa shape index (κ1) is 16.1. The smallest absolute Gasteiger partial charge is 0.340 e. The second kappa shape index (κ2) is 8.27. The van der Waals surface area contributed by atoms with E-state index in [0.717, 1.165) is 4.90 Å². The Morgan fingerprint density at radius 1 is 1.17 bits per heavy atom. The van der Waals surface area contributed by atoms with Crippen LogP contribution in [0.1, 0.15) is 20.8 Å². The Kier molecular flexibility index (Phi) is 7.42. The Hall–Kier alpha value is -1.85. The molecule has 0 aromatic rings. The number of hydrogen-bond acceptors (Lipinski definition) is 5. The van der Waals surface area contributed by atoms with E-state index in [-0.39, 0.29) is 19.8 Å². The Morgan fingerprint density at radius 3 is 1.89 bits per heavy atom. The number of ether oxygens (including phenoxy) is 2. The molecule has 0 aromatic carbocycles. The van der Waals surface area contributed by atoms with E-state index in [1.165, 1.54) is 13.0 Å². The van der Waals surface area contributed by atoms with Crippen LogP contribution in [0.3, 0.4) is 0 Å². The van der Waals surface area contributed by atoms with Crippen molar-refractivity contribution in [3.8, 4) is 0 Å². The molecule has 0 aliphatic rings. The fraction of sp³-hybridized carbons (Fsp3) is 0.583. The molecule has 0 aliphatic carbocycles. The van der Waals surface area contributed by atoms with E-state index >= 15 is 0 Å². The zero-order valence-corrected chi connectivity index (χ0v) is 11.0. The number of carbonyl (C=O) groups excluding carboxylic acids is 3. The molecule has 0 saturated carbocycles. The average Bonchev–Trinajstić information content (AvgIpc) is 2.29. The van der Waals surface area contributed by atoms with Crippen LogP contribution in [-0.2, 0) is 23.9 Å². The second-order valence-electron chi connectivity index (χ2n) is 3.37. The molecule has 0 fully saturated rings. The van der Waals surface area contributed by atoms with Crippen LogP contribution in [0.4, 0.5) is 0 Å². The maximum absolute atomic E-state index is 11.7. The minimum atomic E-state index is -1.37. The summed E-state index contributed by atoms with van der Waals surface area (Å²) in [7, 11) is 0. The molecule has 102 valence electrons. The third-order valence-electron chi connectivity index (χ3n) is 2.06. The Bertz CT molecular complexity index is 308. The van der Waals surface area contributed by atoms with Gasteiger partial charge in [0.05, 0.1) is 13.2 Å². The first-order valence-electron chi connectivity index (χ1n) is 5.70. The molecule has 0 heterocycles. The number of carbonyl (C=O) groups is 3. The number of esters is 2. The van der Waals surface area contributed by atoms with Gasteiger partial charge in [0.2, 0.25) is 11.9 Å². The fourth-order valence-corrected chi connectivity index (χ4v) is 1.35. The number of rotatable bonds is 7. The molecular formula is C12H19NO5. The highest BCUT2D eigenvalue weighted by Gasteiger charge is 2.36. The van der Waals surface area contributed by atoms with Crippen molar-refractivity contribution in [1.29, 1.82) is 0 Å². The SMILES string of the molecule is C=CCN(C(C)=O)C(C(=O)OCC)C(=O)OCC. The van der Waals surface area contributed by atoms with Crippen molar-refractivity contribution in [1.82, 2.24) is 4.90 Å². The summed E-state index contributed by atoms with van der Waals surface area (Å²) in [5.41, 5.74) is 0. The molecule has 0 atom stereocenters. The van der Waals surface area contributed by atoms with Crippen molar-refractivity contribution in [2.45, 2.75) is 26.8 Å². The Labute approximate surface area is 107 Å². The van der Waals surface area contributed by atoms with Gasteiger partial charge in [-0.3, -0.25) is 4.79 Å². The van der Waals surface area contributed by atoms with Crippen LogP contribution in [0.15, 0.2) is 12.7 Å². The van der Waals surface area contributed by atoms with Gasteiger partial charge in [-0.1, -0.05) is 6.08 Å². The van der Waals surface area contributed by atoms with E-state index in [2.05, 4.69) is 6.58 Å². The normalized spacial score (nSPS) is 9.78. The molecule has 0 bridgehead atoms. The second-order valence-corrected chi connectivity index (χ2v) is 3.37. The van der Waals surface area contributed by atoms with Gasteiger partial charge < -0.3 is 14.4 Å². The molecule has 0 aromatic heterocycles. The first-order chi connectivity index (χ1) is 8.49. The lowest BCUT2D eigenvalue weighted by molar-refractivity contribution is -0.166. The van der Waals surface area contributed by atoms with Crippen molar-refractivity contribution in [2.24, 2.45) is 0 Å². The van der Waals surface area contributed by atoms with Crippen molar-refractivity contribution in [3.05, 3.63) is 12.7 Å². The summed E-state index contributed by atoms with van der Waals surface area (Å²) in [5, 5.41) is 0. The highest BCUT2D eigenvalue weighted by atomic mass is 16.6. The largest absolute Gasteiger partial charge is 0.464 e. The summed E-state index contributed by atoms with van der Waals surface area (Å²) >= 11 is 0. The summed E-state index contributed by atoms with van der Waals surface area (Å²) in [6.45, 7) is 8.28. The molecule has 0 rings (SSSR count). The van der Waals surface area contributed by atoms with Crippen molar-refractivity contribution < 1.29 is 23.9 Å². The third-order valence-corrected chi connectivity index (χ3v) is 2.06. The van der Waals surface area contributed by atoms with Gasteiger partial charge in [-0.25, -0.2) is 9.59 Å². The van der Waals surface area contributed by atoms with Crippen molar-refractivity contribution >= 4 is 17.8 Å². The van der Waals surface area contributed by atoms with Gasteiger partial charge in [-0.2, -0.15) is 0 Å². The summed E-state index contributed by atoms with van der Waals surface area (Å²) in [6.07, 6.45) is 1.42. The molecule has 6 heteroatoms. The van der Waals surface area contributed by atoms with Gasteiger partial charge in [0.15, 0.2) is 0 Å². The van der Waals surface area contributed by atoms with Crippen LogP contribution in [-0.4, -0.2) is 48.5 Å². The van der Waals surface area contributed by atoms with Gasteiger partial charge in [-0.05, 0) is 13.8 Å². The van der Waals surface area contributed by atoms with Crippen LogP contribution in [0.5, 0.6) is 0 Å². The van der Waals surface area contributed by atoms with Crippen LogP contribution >= 0.6 is 0 Å². The zero-order chi connectivity index (χ0) is 14.1. The standard InChI is InChI=1S/C12H19NO5/c1-5-8-13(9(4)14)10(11(15)17-6-2)12(16)18-7-3/h5,10H,1,6-8H2,2-4H3. The molecule has 6 nitrogen and oxygen atoms in total. The number of amides is 1. The lowest BCUT2D eigenvalue weighted by atomic mass is 10.2. The molecular weight excluding hydrogens is 238 g/mol. The minimum Gasteiger partial charge on any atom is -0.464 e. The minimum absolute atomic E-state index is 0.0671. The first-order valence-corrected chi connectivity index (χ1v) is 5.70. The van der Waals surface area contributed by atoms with Gasteiger partial charge in [0.25, 0.3) is 0 Å². The molecule has 1 amide bonds. The molecule has 0 N–H and O–H groups in total. The van der Waals surface area contributed by atoms with Gasteiger partial charge in [0.1, 0.15) is 0 Å². The van der Waals surface area contributed by atoms with Crippen LogP contribution < -0.4 is 0 Å². The fourth-order valence-electron chi connectivity index (χ4n) is 1.35. The van der Waals surface area contributed by atoms with E-state index in [0.29, 0.717) is 0 Å². The molecule has 0 saturated heterocycles.